The zero-order valence-electron chi connectivity index (χ0n) is 23.1. The van der Waals surface area contributed by atoms with Gasteiger partial charge in [0.2, 0.25) is 0 Å². The first-order chi connectivity index (χ1) is 16.2. The van der Waals surface area contributed by atoms with Crippen molar-refractivity contribution in [3.8, 4) is 0 Å². The molecule has 0 amide bonds. The van der Waals surface area contributed by atoms with Crippen LogP contribution in [0.3, 0.4) is 0 Å². The molecule has 2 bridgehead atoms. The number of ether oxygens (including phenoxy) is 1. The van der Waals surface area contributed by atoms with Crippen LogP contribution in [0.1, 0.15) is 98.3 Å². The van der Waals surface area contributed by atoms with Gasteiger partial charge in [-0.2, -0.15) is 0 Å². The average molecular weight is 478 g/mol. The van der Waals surface area contributed by atoms with Gasteiger partial charge in [0.15, 0.2) is 0 Å². The van der Waals surface area contributed by atoms with E-state index in [4.69, 9.17) is 10.5 Å². The van der Waals surface area contributed by atoms with E-state index in [-0.39, 0.29) is 5.97 Å². The Labute approximate surface area is 210 Å². The molecule has 0 radical (unpaired) electrons. The molecule has 5 heteroatoms. The highest BCUT2D eigenvalue weighted by Crippen LogP contribution is 2.61. The molecule has 5 unspecified atom stereocenters. The third-order valence-electron chi connectivity index (χ3n) is 10.0. The number of esters is 1. The number of nitrogens with zero attached hydrogens (tertiary/aromatic N) is 2. The van der Waals surface area contributed by atoms with Crippen molar-refractivity contribution < 1.29 is 9.53 Å². The van der Waals surface area contributed by atoms with Crippen LogP contribution in [-0.2, 0) is 9.53 Å². The molecule has 0 aliphatic heterocycles. The Morgan fingerprint density at radius 2 is 1.82 bits per heavy atom. The van der Waals surface area contributed by atoms with Crippen LogP contribution < -0.4 is 5.73 Å². The van der Waals surface area contributed by atoms with E-state index in [1.807, 2.05) is 0 Å². The number of hydrogen-bond acceptors (Lipinski definition) is 5. The number of carbonyl (C=O) groups is 1. The van der Waals surface area contributed by atoms with Crippen LogP contribution in [0, 0.1) is 29.1 Å². The van der Waals surface area contributed by atoms with Crippen molar-refractivity contribution in [3.05, 3.63) is 0 Å². The Morgan fingerprint density at radius 1 is 1.09 bits per heavy atom. The molecule has 4 saturated carbocycles. The van der Waals surface area contributed by atoms with Gasteiger partial charge in [-0.05, 0) is 88.1 Å². The Balaban J connectivity index is 1.29. The molecule has 4 rings (SSSR count). The van der Waals surface area contributed by atoms with Crippen LogP contribution in [-0.4, -0.2) is 67.7 Å². The number of rotatable bonds is 14. The standard InChI is InChI=1S/C29H55N3O2/c1-6-32(18-17-31(5)21-24-13-14-25-20-26(24)29(25,3)4)22(2)16-19-34-28(33)27(30)15-12-23-10-8-7-9-11-23/h22-27H,6-21,30H2,1-5H3. The summed E-state index contributed by atoms with van der Waals surface area (Å²) in [5.41, 5.74) is 6.71. The second-order valence-electron chi connectivity index (χ2n) is 12.6. The van der Waals surface area contributed by atoms with Gasteiger partial charge in [-0.3, -0.25) is 9.69 Å². The molecular formula is C29H55N3O2. The van der Waals surface area contributed by atoms with E-state index in [0.29, 0.717) is 18.1 Å². The van der Waals surface area contributed by atoms with Crippen LogP contribution in [0.2, 0.25) is 0 Å². The van der Waals surface area contributed by atoms with Crippen molar-refractivity contribution in [1.82, 2.24) is 9.80 Å². The fraction of sp³-hybridized carbons (Fsp3) is 0.966. The van der Waals surface area contributed by atoms with Gasteiger partial charge >= 0.3 is 5.97 Å². The molecule has 2 N–H and O–H groups in total. The van der Waals surface area contributed by atoms with E-state index in [1.165, 1.54) is 57.9 Å². The monoisotopic (exact) mass is 477 g/mol. The van der Waals surface area contributed by atoms with Crippen LogP contribution in [0.5, 0.6) is 0 Å². The van der Waals surface area contributed by atoms with Crippen molar-refractivity contribution in [2.75, 3.05) is 39.8 Å². The van der Waals surface area contributed by atoms with Crippen LogP contribution in [0.25, 0.3) is 0 Å². The van der Waals surface area contributed by atoms with Crippen molar-refractivity contribution >= 4 is 5.97 Å². The minimum atomic E-state index is -0.455. The summed E-state index contributed by atoms with van der Waals surface area (Å²) in [6, 6.07) is -0.0467. The molecule has 4 aliphatic carbocycles. The molecule has 0 aromatic carbocycles. The lowest BCUT2D eigenvalue weighted by Crippen LogP contribution is -2.54. The molecular weight excluding hydrogens is 422 g/mol. The second-order valence-corrected chi connectivity index (χ2v) is 12.6. The minimum Gasteiger partial charge on any atom is -0.464 e. The molecule has 5 nitrogen and oxygen atoms in total. The molecule has 0 saturated heterocycles. The average Bonchev–Trinajstić information content (AvgIpc) is 2.83. The summed E-state index contributed by atoms with van der Waals surface area (Å²) in [7, 11) is 2.30. The molecule has 0 aromatic heterocycles. The molecule has 0 spiro atoms. The first kappa shape index (κ1) is 27.9. The highest BCUT2D eigenvalue weighted by Gasteiger charge is 2.54. The third kappa shape index (κ3) is 7.43. The van der Waals surface area contributed by atoms with Crippen molar-refractivity contribution in [3.63, 3.8) is 0 Å². The fourth-order valence-corrected chi connectivity index (χ4v) is 7.29. The van der Waals surface area contributed by atoms with Crippen molar-refractivity contribution in [2.45, 2.75) is 110 Å². The smallest absolute Gasteiger partial charge is 0.322 e. The fourth-order valence-electron chi connectivity index (χ4n) is 7.29. The largest absolute Gasteiger partial charge is 0.464 e. The topological polar surface area (TPSA) is 58.8 Å². The van der Waals surface area contributed by atoms with Gasteiger partial charge in [-0.1, -0.05) is 52.9 Å². The van der Waals surface area contributed by atoms with E-state index in [9.17, 15) is 4.79 Å². The molecule has 5 atom stereocenters. The van der Waals surface area contributed by atoms with Gasteiger partial charge in [0.05, 0.1) is 6.61 Å². The van der Waals surface area contributed by atoms with E-state index >= 15 is 0 Å². The summed E-state index contributed by atoms with van der Waals surface area (Å²) in [5.74, 6) is 3.34. The molecule has 0 heterocycles. The first-order valence-corrected chi connectivity index (χ1v) is 14.6. The number of carbonyl (C=O) groups excluding carboxylic acids is 1. The maximum absolute atomic E-state index is 12.3. The van der Waals surface area contributed by atoms with Crippen molar-refractivity contribution in [2.24, 2.45) is 34.8 Å². The lowest BCUT2D eigenvalue weighted by molar-refractivity contribution is -0.145. The van der Waals surface area contributed by atoms with E-state index in [2.05, 4.69) is 44.5 Å². The maximum atomic E-state index is 12.3. The predicted molar refractivity (Wildman–Crippen MR) is 142 cm³/mol. The lowest BCUT2D eigenvalue weighted by atomic mass is 9.45. The van der Waals surface area contributed by atoms with Crippen molar-refractivity contribution in [1.29, 1.82) is 0 Å². The zero-order valence-corrected chi connectivity index (χ0v) is 23.1. The van der Waals surface area contributed by atoms with Gasteiger partial charge in [0.1, 0.15) is 6.04 Å². The van der Waals surface area contributed by atoms with Gasteiger partial charge in [-0.15, -0.1) is 0 Å². The highest BCUT2D eigenvalue weighted by atomic mass is 16.5. The summed E-state index contributed by atoms with van der Waals surface area (Å²) >= 11 is 0. The maximum Gasteiger partial charge on any atom is 0.322 e. The molecule has 34 heavy (non-hydrogen) atoms. The van der Waals surface area contributed by atoms with Crippen LogP contribution in [0.4, 0.5) is 0 Å². The molecule has 0 aromatic rings. The Morgan fingerprint density at radius 3 is 2.47 bits per heavy atom. The Bertz CT molecular complexity index is 616. The first-order valence-electron chi connectivity index (χ1n) is 14.6. The third-order valence-corrected chi connectivity index (χ3v) is 10.0. The number of nitrogens with two attached hydrogens (primary N) is 1. The minimum absolute atomic E-state index is 0.209. The van der Waals surface area contributed by atoms with E-state index < -0.39 is 6.04 Å². The SMILES string of the molecule is CCN(CCN(C)CC1CCC2CC1C2(C)C)C(C)CCOC(=O)C(N)CCC1CCCCC1. The lowest BCUT2D eigenvalue weighted by Gasteiger charge is -2.60. The summed E-state index contributed by atoms with van der Waals surface area (Å²) in [4.78, 5) is 17.4. The van der Waals surface area contributed by atoms with Crippen LogP contribution >= 0.6 is 0 Å². The predicted octanol–water partition coefficient (Wildman–Crippen LogP) is 5.32. The molecule has 4 aliphatic rings. The van der Waals surface area contributed by atoms with Gasteiger partial charge in [-0.25, -0.2) is 0 Å². The molecule has 4 fully saturated rings. The highest BCUT2D eigenvalue weighted by molar-refractivity contribution is 5.75. The normalized spacial score (nSPS) is 28.5. The Hall–Kier alpha value is -0.650. The van der Waals surface area contributed by atoms with E-state index in [0.717, 1.165) is 62.6 Å². The van der Waals surface area contributed by atoms with E-state index in [1.54, 1.807) is 0 Å². The number of fused-ring (bicyclic) bond motifs is 2. The zero-order chi connectivity index (χ0) is 24.7. The number of likely N-dealkylation sites (N-methyl/N-ethyl adjacent to an activating group) is 2. The summed E-state index contributed by atoms with van der Waals surface area (Å²) in [6.45, 7) is 14.4. The van der Waals surface area contributed by atoms with Gasteiger partial charge < -0.3 is 15.4 Å². The number of hydrogen-bond donors (Lipinski definition) is 1. The molecule has 198 valence electrons. The summed E-state index contributed by atoms with van der Waals surface area (Å²) in [6.07, 6.45) is 13.7. The summed E-state index contributed by atoms with van der Waals surface area (Å²) in [5, 5.41) is 0. The summed E-state index contributed by atoms with van der Waals surface area (Å²) < 4.78 is 5.57. The van der Waals surface area contributed by atoms with Gasteiger partial charge in [0, 0.05) is 25.7 Å². The second kappa shape index (κ2) is 13.1. The Kier molecular flexibility index (Phi) is 10.7. The van der Waals surface area contributed by atoms with Gasteiger partial charge in [0.25, 0.3) is 0 Å². The quantitative estimate of drug-likeness (QED) is 0.343. The van der Waals surface area contributed by atoms with Crippen LogP contribution in [0.15, 0.2) is 0 Å².